The van der Waals surface area contributed by atoms with Crippen molar-refractivity contribution in [2.75, 3.05) is 26.7 Å². The summed E-state index contributed by atoms with van der Waals surface area (Å²) < 4.78 is 5.07. The SMILES string of the molecule is COc1ccc(C(=O)CN2CCC(C)C(O)C2)cc1Cl. The summed E-state index contributed by atoms with van der Waals surface area (Å²) in [5.74, 6) is 0.874. The van der Waals surface area contributed by atoms with Crippen LogP contribution in [0.1, 0.15) is 23.7 Å². The molecule has 0 radical (unpaired) electrons. The number of piperidine rings is 1. The van der Waals surface area contributed by atoms with Crippen LogP contribution in [0.25, 0.3) is 0 Å². The van der Waals surface area contributed by atoms with Crippen LogP contribution < -0.4 is 4.74 Å². The first kappa shape index (κ1) is 15.3. The molecule has 1 aromatic carbocycles. The first-order valence-corrected chi connectivity index (χ1v) is 7.16. The fraction of sp³-hybridized carbons (Fsp3) is 0.533. The number of hydrogen-bond donors (Lipinski definition) is 1. The summed E-state index contributed by atoms with van der Waals surface area (Å²) in [6, 6.07) is 5.05. The number of rotatable bonds is 4. The number of methoxy groups -OCH3 is 1. The third-order valence-electron chi connectivity index (χ3n) is 3.84. The fourth-order valence-corrected chi connectivity index (χ4v) is 2.65. The third kappa shape index (κ3) is 3.51. The van der Waals surface area contributed by atoms with E-state index in [1.165, 1.54) is 0 Å². The average Bonchev–Trinajstić information content (AvgIpc) is 2.42. The van der Waals surface area contributed by atoms with E-state index in [2.05, 4.69) is 0 Å². The normalized spacial score (nSPS) is 23.6. The fourth-order valence-electron chi connectivity index (χ4n) is 2.39. The molecule has 5 heteroatoms. The molecule has 2 rings (SSSR count). The molecule has 0 amide bonds. The van der Waals surface area contributed by atoms with Gasteiger partial charge in [0.2, 0.25) is 0 Å². The molecule has 2 unspecified atom stereocenters. The van der Waals surface area contributed by atoms with Crippen LogP contribution in [0.2, 0.25) is 5.02 Å². The second kappa shape index (κ2) is 6.57. The molecular formula is C15H20ClNO3. The second-order valence-corrected chi connectivity index (χ2v) is 5.75. The zero-order valence-electron chi connectivity index (χ0n) is 11.8. The van der Waals surface area contributed by atoms with E-state index in [-0.39, 0.29) is 11.9 Å². The number of ether oxygens (including phenoxy) is 1. The van der Waals surface area contributed by atoms with Crippen molar-refractivity contribution in [3.63, 3.8) is 0 Å². The number of ketones is 1. The third-order valence-corrected chi connectivity index (χ3v) is 4.14. The van der Waals surface area contributed by atoms with Crippen molar-refractivity contribution in [2.24, 2.45) is 5.92 Å². The van der Waals surface area contributed by atoms with Gasteiger partial charge in [-0.1, -0.05) is 18.5 Å². The van der Waals surface area contributed by atoms with Crippen molar-refractivity contribution < 1.29 is 14.6 Å². The van der Waals surface area contributed by atoms with E-state index in [9.17, 15) is 9.90 Å². The highest BCUT2D eigenvalue weighted by atomic mass is 35.5. The smallest absolute Gasteiger partial charge is 0.176 e. The van der Waals surface area contributed by atoms with Gasteiger partial charge in [0, 0.05) is 12.1 Å². The number of nitrogens with zero attached hydrogens (tertiary/aromatic N) is 1. The average molecular weight is 298 g/mol. The molecule has 0 spiro atoms. The summed E-state index contributed by atoms with van der Waals surface area (Å²) in [4.78, 5) is 14.2. The molecule has 0 aromatic heterocycles. The van der Waals surface area contributed by atoms with Crippen LogP contribution >= 0.6 is 11.6 Å². The minimum atomic E-state index is -0.351. The van der Waals surface area contributed by atoms with Crippen molar-refractivity contribution in [3.05, 3.63) is 28.8 Å². The van der Waals surface area contributed by atoms with E-state index < -0.39 is 0 Å². The number of likely N-dealkylation sites (tertiary alicyclic amines) is 1. The van der Waals surface area contributed by atoms with Crippen LogP contribution in [0.4, 0.5) is 0 Å². The first-order chi connectivity index (χ1) is 9.51. The van der Waals surface area contributed by atoms with Crippen LogP contribution in [0, 0.1) is 5.92 Å². The monoisotopic (exact) mass is 297 g/mol. The topological polar surface area (TPSA) is 49.8 Å². The quantitative estimate of drug-likeness (QED) is 0.866. The van der Waals surface area contributed by atoms with Crippen molar-refractivity contribution >= 4 is 17.4 Å². The maximum atomic E-state index is 12.2. The highest BCUT2D eigenvalue weighted by Gasteiger charge is 2.25. The molecule has 1 heterocycles. The molecule has 4 nitrogen and oxygen atoms in total. The molecule has 1 fully saturated rings. The number of carbonyl (C=O) groups excluding carboxylic acids is 1. The molecule has 0 bridgehead atoms. The molecule has 0 saturated carbocycles. The van der Waals surface area contributed by atoms with Gasteiger partial charge in [-0.05, 0) is 37.1 Å². The van der Waals surface area contributed by atoms with Crippen molar-refractivity contribution in [1.82, 2.24) is 4.90 Å². The zero-order valence-corrected chi connectivity index (χ0v) is 12.6. The lowest BCUT2D eigenvalue weighted by Gasteiger charge is -2.33. The molecule has 1 aliphatic rings. The number of Topliss-reactive ketones (excluding diaryl/α,β-unsaturated/α-hetero) is 1. The van der Waals surface area contributed by atoms with Gasteiger partial charge < -0.3 is 9.84 Å². The van der Waals surface area contributed by atoms with Gasteiger partial charge in [0.1, 0.15) is 5.75 Å². The van der Waals surface area contributed by atoms with E-state index in [0.717, 1.165) is 13.0 Å². The van der Waals surface area contributed by atoms with Gasteiger partial charge in [-0.15, -0.1) is 0 Å². The van der Waals surface area contributed by atoms with Gasteiger partial charge in [-0.25, -0.2) is 0 Å². The Balaban J connectivity index is 2.00. The Kier molecular flexibility index (Phi) is 5.02. The van der Waals surface area contributed by atoms with Gasteiger partial charge in [0.25, 0.3) is 0 Å². The van der Waals surface area contributed by atoms with E-state index in [4.69, 9.17) is 16.3 Å². The predicted molar refractivity (Wildman–Crippen MR) is 78.6 cm³/mol. The summed E-state index contributed by atoms with van der Waals surface area (Å²) >= 11 is 6.03. The Morgan fingerprint density at radius 2 is 2.30 bits per heavy atom. The van der Waals surface area contributed by atoms with Crippen LogP contribution in [0.3, 0.4) is 0 Å². The number of halogens is 1. The molecule has 20 heavy (non-hydrogen) atoms. The van der Waals surface area contributed by atoms with E-state index in [1.54, 1.807) is 25.3 Å². The van der Waals surface area contributed by atoms with Crippen molar-refractivity contribution in [3.8, 4) is 5.75 Å². The number of β-amino-alcohol motifs (C(OH)–C–C–N with tert-alkyl or cyclic N) is 1. The lowest BCUT2D eigenvalue weighted by molar-refractivity contribution is 0.0295. The van der Waals surface area contributed by atoms with Crippen LogP contribution in [-0.2, 0) is 0 Å². The molecule has 0 aliphatic carbocycles. The predicted octanol–water partition coefficient (Wildman–Crippen LogP) is 2.23. The van der Waals surface area contributed by atoms with E-state index >= 15 is 0 Å². The molecular weight excluding hydrogens is 278 g/mol. The van der Waals surface area contributed by atoms with Crippen molar-refractivity contribution in [1.29, 1.82) is 0 Å². The first-order valence-electron chi connectivity index (χ1n) is 6.78. The Labute approximate surface area is 124 Å². The van der Waals surface area contributed by atoms with E-state index in [1.807, 2.05) is 11.8 Å². The largest absolute Gasteiger partial charge is 0.495 e. The number of aliphatic hydroxyl groups excluding tert-OH is 1. The van der Waals surface area contributed by atoms with Crippen LogP contribution in [0.5, 0.6) is 5.75 Å². The minimum Gasteiger partial charge on any atom is -0.495 e. The molecule has 1 aliphatic heterocycles. The Morgan fingerprint density at radius 1 is 1.55 bits per heavy atom. The lowest BCUT2D eigenvalue weighted by Crippen LogP contribution is -2.44. The lowest BCUT2D eigenvalue weighted by atomic mass is 9.95. The molecule has 1 N–H and O–H groups in total. The van der Waals surface area contributed by atoms with Gasteiger partial charge in [0.15, 0.2) is 5.78 Å². The number of aliphatic hydroxyl groups is 1. The molecule has 1 saturated heterocycles. The van der Waals surface area contributed by atoms with Gasteiger partial charge in [-0.2, -0.15) is 0 Å². The molecule has 2 atom stereocenters. The van der Waals surface area contributed by atoms with Crippen LogP contribution in [0.15, 0.2) is 18.2 Å². The number of carbonyl (C=O) groups is 1. The minimum absolute atomic E-state index is 0.0105. The Morgan fingerprint density at radius 3 is 2.90 bits per heavy atom. The van der Waals surface area contributed by atoms with Crippen LogP contribution in [-0.4, -0.2) is 48.6 Å². The van der Waals surface area contributed by atoms with Gasteiger partial charge >= 0.3 is 0 Å². The summed E-state index contributed by atoms with van der Waals surface area (Å²) in [6.07, 6.45) is 0.564. The number of benzene rings is 1. The molecule has 1 aromatic rings. The van der Waals surface area contributed by atoms with Crippen molar-refractivity contribution in [2.45, 2.75) is 19.4 Å². The van der Waals surface area contributed by atoms with Gasteiger partial charge in [-0.3, -0.25) is 9.69 Å². The summed E-state index contributed by atoms with van der Waals surface area (Å²) in [6.45, 7) is 3.74. The summed E-state index contributed by atoms with van der Waals surface area (Å²) in [5, 5.41) is 10.3. The van der Waals surface area contributed by atoms with E-state index in [0.29, 0.717) is 35.3 Å². The maximum Gasteiger partial charge on any atom is 0.176 e. The number of hydrogen-bond acceptors (Lipinski definition) is 4. The Bertz CT molecular complexity index is 492. The highest BCUT2D eigenvalue weighted by Crippen LogP contribution is 2.25. The highest BCUT2D eigenvalue weighted by molar-refractivity contribution is 6.32. The van der Waals surface area contributed by atoms with Gasteiger partial charge in [0.05, 0.1) is 24.8 Å². The zero-order chi connectivity index (χ0) is 14.7. The maximum absolute atomic E-state index is 12.2. The standard InChI is InChI=1S/C15H20ClNO3/c1-10-5-6-17(8-13(10)18)9-14(19)11-3-4-15(20-2)12(16)7-11/h3-4,7,10,13,18H,5-6,8-9H2,1-2H3. The summed E-state index contributed by atoms with van der Waals surface area (Å²) in [5.41, 5.74) is 0.573. The Hall–Kier alpha value is -1.10. The second-order valence-electron chi connectivity index (χ2n) is 5.34. The summed E-state index contributed by atoms with van der Waals surface area (Å²) in [7, 11) is 1.54. The molecule has 110 valence electrons.